The predicted molar refractivity (Wildman–Crippen MR) is 123 cm³/mol. The highest BCUT2D eigenvalue weighted by molar-refractivity contribution is 7.99. The number of fused-ring (bicyclic) bond motifs is 2. The number of nitrogens with zero attached hydrogens (tertiary/aromatic N) is 8. The van der Waals surface area contributed by atoms with E-state index in [1.54, 1.807) is 23.7 Å². The Hall–Kier alpha value is -4.06. The van der Waals surface area contributed by atoms with E-state index < -0.39 is 4.92 Å². The van der Waals surface area contributed by atoms with Crippen molar-refractivity contribution in [3.63, 3.8) is 0 Å². The van der Waals surface area contributed by atoms with Gasteiger partial charge in [0.2, 0.25) is 0 Å². The zero-order valence-corrected chi connectivity index (χ0v) is 18.6. The van der Waals surface area contributed by atoms with E-state index in [0.29, 0.717) is 40.3 Å². The molecule has 0 radical (unpaired) electrons. The minimum atomic E-state index is -0.499. The summed E-state index contributed by atoms with van der Waals surface area (Å²) in [7, 11) is 3.65. The van der Waals surface area contributed by atoms with Crippen molar-refractivity contribution >= 4 is 46.0 Å². The average molecular weight is 462 g/mol. The monoisotopic (exact) mass is 462 g/mol. The van der Waals surface area contributed by atoms with Crippen molar-refractivity contribution < 1.29 is 9.72 Å². The van der Waals surface area contributed by atoms with Gasteiger partial charge >= 0.3 is 0 Å². The van der Waals surface area contributed by atoms with Crippen molar-refractivity contribution in [2.75, 3.05) is 29.9 Å². The van der Waals surface area contributed by atoms with Crippen LogP contribution in [-0.2, 0) is 7.05 Å². The number of hydrogen-bond donors (Lipinski definition) is 0. The largest absolute Gasteiger partial charge is 0.355 e. The summed E-state index contributed by atoms with van der Waals surface area (Å²) in [4.78, 5) is 37.9. The number of likely N-dealkylation sites (N-methyl/N-ethyl adjacent to an activating group) is 1. The zero-order valence-electron chi connectivity index (χ0n) is 17.7. The first-order valence-electron chi connectivity index (χ1n) is 10.0. The van der Waals surface area contributed by atoms with Gasteiger partial charge in [-0.2, -0.15) is 0 Å². The van der Waals surface area contributed by atoms with Crippen molar-refractivity contribution in [2.45, 2.75) is 10.1 Å². The molecule has 33 heavy (non-hydrogen) atoms. The van der Waals surface area contributed by atoms with Crippen LogP contribution in [0.5, 0.6) is 0 Å². The third-order valence-corrected chi connectivity index (χ3v) is 6.45. The number of anilines is 2. The van der Waals surface area contributed by atoms with E-state index in [0.717, 1.165) is 17.3 Å². The molecule has 11 nitrogen and oxygen atoms in total. The maximum Gasteiger partial charge on any atom is 0.284 e. The number of benzene rings is 2. The first-order chi connectivity index (χ1) is 15.9. The summed E-state index contributed by atoms with van der Waals surface area (Å²) in [6.45, 7) is 0.951. The third kappa shape index (κ3) is 3.74. The van der Waals surface area contributed by atoms with Gasteiger partial charge in [-0.3, -0.25) is 19.8 Å². The number of hydrogen-bond acceptors (Lipinski definition) is 9. The highest BCUT2D eigenvalue weighted by Crippen LogP contribution is 2.36. The van der Waals surface area contributed by atoms with Crippen LogP contribution in [-0.4, -0.2) is 55.7 Å². The second kappa shape index (κ2) is 8.13. The number of aromatic nitrogens is 5. The first kappa shape index (κ1) is 20.8. The van der Waals surface area contributed by atoms with E-state index in [4.69, 9.17) is 0 Å². The molecule has 0 atom stereocenters. The van der Waals surface area contributed by atoms with E-state index in [-0.39, 0.29) is 17.2 Å². The lowest BCUT2D eigenvalue weighted by molar-refractivity contribution is -0.387. The molecule has 5 rings (SSSR count). The number of nitro benzene ring substituents is 1. The zero-order chi connectivity index (χ0) is 23.1. The summed E-state index contributed by atoms with van der Waals surface area (Å²) in [5.74, 6) is 0.664. The van der Waals surface area contributed by atoms with Gasteiger partial charge in [-0.15, -0.1) is 10.2 Å². The average Bonchev–Trinajstić information content (AvgIpc) is 3.22. The maximum atomic E-state index is 13.4. The Morgan fingerprint density at radius 1 is 1.06 bits per heavy atom. The summed E-state index contributed by atoms with van der Waals surface area (Å²) >= 11 is 1.12. The van der Waals surface area contributed by atoms with Crippen LogP contribution in [0.25, 0.3) is 11.0 Å². The molecule has 1 aliphatic rings. The standard InChI is InChI=1S/C21H18N8O3S/c1-26-9-10-28(19-18(26)23-14-5-3-4-6-15(14)24-19)20(30)13-7-8-17(16(11-13)29(31)32)33-21-25-22-12-27(21)2/h3-8,11-12H,9-10H2,1-2H3. The number of para-hydroxylation sites is 2. The Bertz CT molecular complexity index is 1410. The fraction of sp³-hybridized carbons (Fsp3) is 0.190. The number of carbonyl (C=O) groups excluding carboxylic acids is 1. The van der Waals surface area contributed by atoms with Crippen molar-refractivity contribution in [2.24, 2.45) is 7.05 Å². The quantitative estimate of drug-likeness (QED) is 0.333. The highest BCUT2D eigenvalue weighted by Gasteiger charge is 2.30. The van der Waals surface area contributed by atoms with Crippen LogP contribution < -0.4 is 9.80 Å². The van der Waals surface area contributed by atoms with Gasteiger partial charge in [0.05, 0.1) is 20.9 Å². The Morgan fingerprint density at radius 2 is 1.79 bits per heavy atom. The molecule has 0 bridgehead atoms. The minimum Gasteiger partial charge on any atom is -0.355 e. The molecule has 0 N–H and O–H groups in total. The van der Waals surface area contributed by atoms with Gasteiger partial charge in [0.1, 0.15) is 6.33 Å². The van der Waals surface area contributed by atoms with E-state index in [1.165, 1.54) is 17.3 Å². The number of nitro groups is 1. The molecule has 0 spiro atoms. The van der Waals surface area contributed by atoms with Crippen LogP contribution >= 0.6 is 11.8 Å². The Kier molecular flexibility index (Phi) is 5.13. The van der Waals surface area contributed by atoms with Crippen molar-refractivity contribution in [3.05, 3.63) is 64.5 Å². The maximum absolute atomic E-state index is 13.4. The summed E-state index contributed by atoms with van der Waals surface area (Å²) < 4.78 is 1.66. The fourth-order valence-electron chi connectivity index (χ4n) is 3.58. The van der Waals surface area contributed by atoms with Crippen molar-refractivity contribution in [3.8, 4) is 0 Å². The normalized spacial score (nSPS) is 13.3. The van der Waals surface area contributed by atoms with Gasteiger partial charge in [0.25, 0.3) is 11.6 Å². The van der Waals surface area contributed by atoms with Crippen LogP contribution in [0.2, 0.25) is 0 Å². The molecule has 0 aliphatic carbocycles. The van der Waals surface area contributed by atoms with Gasteiger partial charge in [-0.1, -0.05) is 12.1 Å². The molecular weight excluding hydrogens is 444 g/mol. The van der Waals surface area contributed by atoms with Crippen molar-refractivity contribution in [1.29, 1.82) is 0 Å². The van der Waals surface area contributed by atoms with Gasteiger partial charge in [-0.05, 0) is 36.0 Å². The lowest BCUT2D eigenvalue weighted by Crippen LogP contribution is -2.43. The topological polar surface area (TPSA) is 123 Å². The molecule has 0 saturated heterocycles. The molecule has 2 aromatic heterocycles. The van der Waals surface area contributed by atoms with Crippen LogP contribution in [0.15, 0.2) is 58.8 Å². The number of amides is 1. The Labute approximate surface area is 192 Å². The Morgan fingerprint density at radius 3 is 2.45 bits per heavy atom. The van der Waals surface area contributed by atoms with Crippen molar-refractivity contribution in [1.82, 2.24) is 24.7 Å². The summed E-state index contributed by atoms with van der Waals surface area (Å²) in [6.07, 6.45) is 1.52. The SMILES string of the molecule is CN1CCN(C(=O)c2ccc(Sc3nncn3C)c([N+](=O)[O-])c2)c2nc3ccccc3nc21. The van der Waals surface area contributed by atoms with Gasteiger partial charge in [0, 0.05) is 38.8 Å². The highest BCUT2D eigenvalue weighted by atomic mass is 32.2. The molecular formula is C21H18N8O3S. The lowest BCUT2D eigenvalue weighted by atomic mass is 10.1. The van der Waals surface area contributed by atoms with Gasteiger partial charge in [-0.25, -0.2) is 9.97 Å². The van der Waals surface area contributed by atoms with Crippen LogP contribution in [0.4, 0.5) is 17.3 Å². The van der Waals surface area contributed by atoms with E-state index in [2.05, 4.69) is 20.2 Å². The molecule has 1 amide bonds. The minimum absolute atomic E-state index is 0.173. The molecule has 0 unspecified atom stereocenters. The second-order valence-corrected chi connectivity index (χ2v) is 8.51. The molecule has 0 saturated carbocycles. The molecule has 1 aliphatic heterocycles. The number of rotatable bonds is 4. The molecule has 12 heteroatoms. The third-order valence-electron chi connectivity index (χ3n) is 5.33. The van der Waals surface area contributed by atoms with Gasteiger partial charge in [0.15, 0.2) is 16.8 Å². The summed E-state index contributed by atoms with van der Waals surface area (Å²) in [6, 6.07) is 11.9. The predicted octanol–water partition coefficient (Wildman–Crippen LogP) is 2.91. The van der Waals surface area contributed by atoms with E-state index in [9.17, 15) is 14.9 Å². The van der Waals surface area contributed by atoms with E-state index in [1.807, 2.05) is 36.2 Å². The van der Waals surface area contributed by atoms with Gasteiger partial charge < -0.3 is 9.47 Å². The summed E-state index contributed by atoms with van der Waals surface area (Å²) in [5, 5.41) is 20.0. The lowest BCUT2D eigenvalue weighted by Gasteiger charge is -2.33. The molecule has 166 valence electrons. The molecule has 3 heterocycles. The number of carbonyl (C=O) groups is 1. The first-order valence-corrected chi connectivity index (χ1v) is 10.8. The van der Waals surface area contributed by atoms with Crippen LogP contribution in [0, 0.1) is 10.1 Å². The van der Waals surface area contributed by atoms with Crippen LogP contribution in [0.1, 0.15) is 10.4 Å². The number of aryl methyl sites for hydroxylation is 1. The molecule has 2 aromatic carbocycles. The Balaban J connectivity index is 1.53. The molecule has 0 fully saturated rings. The van der Waals surface area contributed by atoms with Crippen LogP contribution in [0.3, 0.4) is 0 Å². The molecule has 4 aromatic rings. The second-order valence-electron chi connectivity index (χ2n) is 7.50. The fourth-order valence-corrected chi connectivity index (χ4v) is 4.43. The summed E-state index contributed by atoms with van der Waals surface area (Å²) in [5.41, 5.74) is 1.44. The van der Waals surface area contributed by atoms with E-state index >= 15 is 0 Å². The smallest absolute Gasteiger partial charge is 0.284 e.